The Balaban J connectivity index is 0.000000188. The van der Waals surface area contributed by atoms with Crippen molar-refractivity contribution >= 4 is 58.6 Å². The van der Waals surface area contributed by atoms with Gasteiger partial charge in [-0.1, -0.05) is 0 Å². The van der Waals surface area contributed by atoms with Crippen LogP contribution in [-0.2, 0) is 36.5 Å². The maximum Gasteiger partial charge on any atom is 0.416 e. The molecule has 0 saturated carbocycles. The summed E-state index contributed by atoms with van der Waals surface area (Å²) in [6.45, 7) is 19.7. The molecule has 12 heterocycles. The molecular formula is C49H63F4N15O9. The number of nitrogens with one attached hydrogen (secondary N) is 2. The molecule has 24 nitrogen and oxygen atoms in total. The van der Waals surface area contributed by atoms with Crippen molar-refractivity contribution in [3.05, 3.63) is 61.7 Å². The Labute approximate surface area is 438 Å². The fourth-order valence-electron chi connectivity index (χ4n) is 10.4. The molecule has 77 heavy (non-hydrogen) atoms. The van der Waals surface area contributed by atoms with Gasteiger partial charge in [0.1, 0.15) is 34.9 Å². The van der Waals surface area contributed by atoms with Gasteiger partial charge in [0.2, 0.25) is 29.4 Å². The molecule has 4 atom stereocenters. The number of piperazine rings is 2. The van der Waals surface area contributed by atoms with Crippen LogP contribution in [0.2, 0.25) is 0 Å². The Morgan fingerprint density at radius 1 is 0.688 bits per heavy atom. The zero-order chi connectivity index (χ0) is 55.0. The summed E-state index contributed by atoms with van der Waals surface area (Å²) in [4.78, 5) is 88.8. The van der Waals surface area contributed by atoms with Gasteiger partial charge in [-0.3, -0.25) is 14.4 Å². The average molecular weight is 1080 g/mol. The van der Waals surface area contributed by atoms with E-state index in [0.29, 0.717) is 74.5 Å². The minimum Gasteiger partial charge on any atom is -0.444 e. The molecule has 8 aliphatic heterocycles. The maximum atomic E-state index is 14.5. The summed E-state index contributed by atoms with van der Waals surface area (Å²) in [7, 11) is 0. The summed E-state index contributed by atoms with van der Waals surface area (Å²) in [5.74, 6) is -0.665. The highest BCUT2D eigenvalue weighted by molar-refractivity contribution is 5.91. The molecule has 5 aromatic rings. The fraction of sp³-hybridized carbons (Fsp3) is 0.612. The first kappa shape index (κ1) is 53.2. The van der Waals surface area contributed by atoms with Crippen LogP contribution in [0, 0.1) is 19.7 Å². The predicted octanol–water partition coefficient (Wildman–Crippen LogP) is 3.79. The number of halogens is 4. The molecular weight excluding hydrogens is 1020 g/mol. The number of morpholine rings is 2. The molecule has 8 fully saturated rings. The highest BCUT2D eigenvalue weighted by Crippen LogP contribution is 2.34. The number of ether oxygens (including phenoxy) is 4. The van der Waals surface area contributed by atoms with Gasteiger partial charge in [-0.25, -0.2) is 14.0 Å². The summed E-state index contributed by atoms with van der Waals surface area (Å²) in [5.41, 5.74) is -1.56. The van der Waals surface area contributed by atoms with Gasteiger partial charge >= 0.3 is 18.4 Å². The molecule has 2 N–H and O–H groups in total. The number of aromatic nitrogens is 8. The van der Waals surface area contributed by atoms with Crippen LogP contribution in [0.5, 0.6) is 0 Å². The number of piperidine rings is 2. The molecule has 8 aliphatic rings. The number of hydrogen-bond acceptors (Lipinski definition) is 17. The summed E-state index contributed by atoms with van der Waals surface area (Å²) in [6, 6.07) is 1.83. The quantitative estimate of drug-likeness (QED) is 0.221. The van der Waals surface area contributed by atoms with E-state index in [1.165, 1.54) is 9.08 Å². The zero-order valence-corrected chi connectivity index (χ0v) is 44.1. The third kappa shape index (κ3) is 11.2. The van der Waals surface area contributed by atoms with Crippen molar-refractivity contribution in [3.63, 3.8) is 0 Å². The number of carbonyl (C=O) groups excluding carboxylic acids is 3. The van der Waals surface area contributed by atoms with Crippen LogP contribution in [0.25, 0.3) is 11.6 Å². The molecule has 4 bridgehead atoms. The number of aryl methyl sites for hydroxylation is 1. The zero-order valence-electron chi connectivity index (χ0n) is 44.1. The second kappa shape index (κ2) is 20.0. The highest BCUT2D eigenvalue weighted by Gasteiger charge is 2.42. The molecule has 1 aromatic carbocycles. The van der Waals surface area contributed by atoms with Crippen molar-refractivity contribution in [2.24, 2.45) is 0 Å². The number of carbonyl (C=O) groups is 3. The number of rotatable bonds is 7. The molecule has 0 aliphatic carbocycles. The van der Waals surface area contributed by atoms with E-state index in [9.17, 15) is 41.5 Å². The SMILES string of the molecule is Cc1[nH]c2nc(N3CC4CC(C3)O4)nn2c(=O)c1N1CCN(C(=O)OC(C)(C)C)CC1.Cc1c(N2CCN(C(=O)OC(C)(C)C)CC2)c(=O)n2nc(N3CC4CC(C3)O4)nc2n1CC(=O)Nc1ccc(C(F)(F)F)cc1F. The minimum atomic E-state index is -4.75. The number of benzene rings is 1. The highest BCUT2D eigenvalue weighted by atomic mass is 19.4. The number of amides is 3. The number of alkyl halides is 3. The molecule has 8 saturated heterocycles. The molecule has 3 amide bonds. The van der Waals surface area contributed by atoms with Crippen LogP contribution < -0.4 is 36.0 Å². The third-order valence-electron chi connectivity index (χ3n) is 14.1. The Bertz CT molecular complexity index is 3190. The number of H-pyrrole nitrogens is 1. The largest absolute Gasteiger partial charge is 0.444 e. The number of nitrogens with zero attached hydrogens (tertiary/aromatic N) is 13. The van der Waals surface area contributed by atoms with Gasteiger partial charge in [0, 0.05) is 103 Å². The van der Waals surface area contributed by atoms with Gasteiger partial charge in [0.25, 0.3) is 11.1 Å². The van der Waals surface area contributed by atoms with E-state index in [1.54, 1.807) is 42.4 Å². The van der Waals surface area contributed by atoms with Gasteiger partial charge in [-0.05, 0) is 73.6 Å². The molecule has 4 aromatic heterocycles. The standard InChI is InChI=1S/C29H34F4N8O5.C20H29N7O4/c1-16-23(37-7-9-38(10-8-37)27(44)46-28(2,3)4)24(43)41-26(35-25(36-41)39-13-18-12-19(14-39)45-18)40(16)15-22(42)34-21-6-5-17(11-20(21)30)29(31,32)33;1-12-15(24-5-7-25(8-6-24)19(29)31-20(2,3)4)16(28)27-17(21-12)22-18(23-27)26-10-13-9-14(11-26)30-13/h5-6,11,18-19H,7-10,12-15H2,1-4H3,(H,34,42);13-14H,5-11H2,1-4H3,(H,21,22,23). The van der Waals surface area contributed by atoms with Gasteiger partial charge in [-0.2, -0.15) is 32.2 Å². The first-order chi connectivity index (χ1) is 36.2. The minimum absolute atomic E-state index is 0.0344. The van der Waals surface area contributed by atoms with Crippen LogP contribution in [0.15, 0.2) is 27.8 Å². The Hall–Kier alpha value is -7.23. The summed E-state index contributed by atoms with van der Waals surface area (Å²) < 4.78 is 79.8. The van der Waals surface area contributed by atoms with Gasteiger partial charge < -0.3 is 63.2 Å². The van der Waals surface area contributed by atoms with Crippen LogP contribution >= 0.6 is 0 Å². The summed E-state index contributed by atoms with van der Waals surface area (Å²) in [6.07, 6.45) is -2.98. The summed E-state index contributed by atoms with van der Waals surface area (Å²) in [5, 5.41) is 11.3. The second-order valence-corrected chi connectivity index (χ2v) is 22.2. The Morgan fingerprint density at radius 3 is 1.64 bits per heavy atom. The van der Waals surface area contributed by atoms with E-state index in [4.69, 9.17) is 18.9 Å². The van der Waals surface area contributed by atoms with Crippen molar-refractivity contribution in [2.75, 3.05) is 103 Å². The number of aromatic amines is 1. The lowest BCUT2D eigenvalue weighted by Gasteiger charge is -2.46. The predicted molar refractivity (Wildman–Crippen MR) is 271 cm³/mol. The number of hydrogen-bond donors (Lipinski definition) is 2. The van der Waals surface area contributed by atoms with E-state index in [2.05, 4.69) is 35.4 Å². The van der Waals surface area contributed by atoms with Crippen molar-refractivity contribution in [3.8, 4) is 0 Å². The van der Waals surface area contributed by atoms with Crippen molar-refractivity contribution in [1.82, 2.24) is 48.5 Å². The van der Waals surface area contributed by atoms with Crippen LogP contribution in [0.1, 0.15) is 71.3 Å². The number of fused-ring (bicyclic) bond motifs is 6. The first-order valence-corrected chi connectivity index (χ1v) is 25.7. The van der Waals surface area contributed by atoms with Crippen molar-refractivity contribution in [2.45, 2.75) is 117 Å². The lowest BCUT2D eigenvalue weighted by atomic mass is 9.99. The van der Waals surface area contributed by atoms with Gasteiger partial charge in [0.15, 0.2) is 0 Å². The second-order valence-electron chi connectivity index (χ2n) is 22.2. The van der Waals surface area contributed by atoms with Crippen molar-refractivity contribution in [1.29, 1.82) is 0 Å². The summed E-state index contributed by atoms with van der Waals surface area (Å²) >= 11 is 0. The lowest BCUT2D eigenvalue weighted by Crippen LogP contribution is -2.57. The van der Waals surface area contributed by atoms with E-state index in [1.807, 2.05) is 37.5 Å². The van der Waals surface area contributed by atoms with Crippen LogP contribution in [0.4, 0.5) is 56.1 Å². The first-order valence-electron chi connectivity index (χ1n) is 25.7. The van der Waals surface area contributed by atoms with Gasteiger partial charge in [0.05, 0.1) is 35.7 Å². The molecule has 416 valence electrons. The Kier molecular flexibility index (Phi) is 13.8. The lowest BCUT2D eigenvalue weighted by molar-refractivity contribution is -0.137. The fourth-order valence-corrected chi connectivity index (χ4v) is 10.4. The normalized spacial score (nSPS) is 21.6. The Morgan fingerprint density at radius 2 is 1.16 bits per heavy atom. The molecule has 13 rings (SSSR count). The monoisotopic (exact) mass is 1080 g/mol. The topological polar surface area (TPSA) is 235 Å². The van der Waals surface area contributed by atoms with E-state index in [0.717, 1.165) is 42.2 Å². The molecule has 28 heteroatoms. The van der Waals surface area contributed by atoms with Crippen LogP contribution in [0.3, 0.4) is 0 Å². The van der Waals surface area contributed by atoms with E-state index >= 15 is 0 Å². The van der Waals surface area contributed by atoms with Crippen molar-refractivity contribution < 1.29 is 50.9 Å². The van der Waals surface area contributed by atoms with E-state index < -0.39 is 58.6 Å². The van der Waals surface area contributed by atoms with Gasteiger partial charge in [-0.15, -0.1) is 10.2 Å². The molecule has 0 spiro atoms. The third-order valence-corrected chi connectivity index (χ3v) is 14.1. The number of anilines is 5. The molecule has 0 radical (unpaired) electrons. The average Bonchev–Trinajstić information content (AvgIpc) is 4.05. The maximum absolute atomic E-state index is 14.5. The molecule has 4 unspecified atom stereocenters. The van der Waals surface area contributed by atoms with Crippen LogP contribution in [-0.4, -0.2) is 181 Å². The van der Waals surface area contributed by atoms with E-state index in [-0.39, 0.29) is 79.7 Å². The smallest absolute Gasteiger partial charge is 0.416 e.